The number of hydrogen-bond acceptors (Lipinski definition) is 15. The second-order valence-electron chi connectivity index (χ2n) is 36.3. The highest BCUT2D eigenvalue weighted by molar-refractivity contribution is 5.78. The van der Waals surface area contributed by atoms with E-state index in [1.165, 1.54) is 145 Å². The SMILES string of the molecule is O=C(O)[C@H](c1cc(F)ccc1[C@@H]1CC2(CCO1)CC2)N1CC[C@@H](OCCCCc2ccc3c(c2)NCCC3)C1.O=C(O)[C@H](c1cc(F)ccc1[C@@H]1CCC2(CC2)CO1)N1CC[C@@H](OCCCCc2ccc3c(c2)NCCC3)C1.O=C(O)[C@H](c1cc(F)ccc1[C@H]1CCC2(CC2)CO1)N1CC[C@@H](OCCCCc2ccc3c(c2)NCCC3)C1. The number of anilines is 3. The summed E-state index contributed by atoms with van der Waals surface area (Å²) in [6.45, 7) is 10.8. The van der Waals surface area contributed by atoms with Gasteiger partial charge in [0.15, 0.2) is 0 Å². The highest BCUT2D eigenvalue weighted by Gasteiger charge is 2.50. The average Bonchev–Trinajstić information content (AvgIpc) is 1.67. The molecular formula is C96H123F3N6O12. The molecule has 3 aliphatic carbocycles. The molecule has 12 aliphatic rings. The van der Waals surface area contributed by atoms with E-state index in [0.717, 1.165) is 184 Å². The lowest BCUT2D eigenvalue weighted by Gasteiger charge is -2.33. The van der Waals surface area contributed by atoms with Crippen molar-refractivity contribution >= 4 is 35.0 Å². The van der Waals surface area contributed by atoms with Crippen molar-refractivity contribution in [3.05, 3.63) is 193 Å². The Morgan fingerprint density at radius 3 is 1.09 bits per heavy atom. The maximum absolute atomic E-state index is 14.4. The molecule has 6 aromatic carbocycles. The normalized spacial score (nSPS) is 24.7. The fourth-order valence-electron chi connectivity index (χ4n) is 20.3. The summed E-state index contributed by atoms with van der Waals surface area (Å²) in [7, 11) is 0. The number of fused-ring (bicyclic) bond motifs is 3. The van der Waals surface area contributed by atoms with Crippen LogP contribution < -0.4 is 16.0 Å². The van der Waals surface area contributed by atoms with Gasteiger partial charge in [0.1, 0.15) is 35.6 Å². The highest BCUT2D eigenvalue weighted by atomic mass is 19.1. The topological polar surface area (TPSA) is 213 Å². The Kier molecular flexibility index (Phi) is 27.1. The first-order valence-electron chi connectivity index (χ1n) is 44.5. The Balaban J connectivity index is 0.000000131. The summed E-state index contributed by atoms with van der Waals surface area (Å²) in [5.41, 5.74) is 17.3. The molecule has 9 atom stereocenters. The monoisotopic (exact) mass is 1610 g/mol. The Hall–Kier alpha value is -7.44. The van der Waals surface area contributed by atoms with Crippen LogP contribution in [0.2, 0.25) is 0 Å². The molecule has 0 amide bonds. The molecule has 18 rings (SSSR count). The summed E-state index contributed by atoms with van der Waals surface area (Å²) in [6, 6.07) is 31.4. The molecule has 9 fully saturated rings. The summed E-state index contributed by atoms with van der Waals surface area (Å²) >= 11 is 0. The van der Waals surface area contributed by atoms with Gasteiger partial charge in [0, 0.05) is 102 Å². The molecule has 6 saturated heterocycles. The number of unbranched alkanes of at least 4 members (excludes halogenated alkanes) is 3. The van der Waals surface area contributed by atoms with Crippen molar-refractivity contribution in [3.63, 3.8) is 0 Å². The Bertz CT molecular complexity index is 4220. The molecule has 3 saturated carbocycles. The average molecular weight is 1610 g/mol. The van der Waals surface area contributed by atoms with Gasteiger partial charge in [0.2, 0.25) is 0 Å². The maximum Gasteiger partial charge on any atom is 0.325 e. The van der Waals surface area contributed by atoms with Gasteiger partial charge in [-0.3, -0.25) is 29.1 Å². The van der Waals surface area contributed by atoms with Crippen LogP contribution in [-0.2, 0) is 81.3 Å². The fraction of sp³-hybridized carbons (Fsp3) is 0.594. The van der Waals surface area contributed by atoms with Gasteiger partial charge in [0.25, 0.3) is 0 Å². The number of rotatable bonds is 30. The minimum absolute atomic E-state index is 0.00234. The molecule has 6 N–H and O–H groups in total. The van der Waals surface area contributed by atoms with E-state index in [4.69, 9.17) is 28.4 Å². The van der Waals surface area contributed by atoms with Crippen LogP contribution in [0.25, 0.3) is 0 Å². The van der Waals surface area contributed by atoms with Crippen LogP contribution in [0.5, 0.6) is 0 Å². The molecule has 9 aliphatic heterocycles. The molecule has 21 heteroatoms. The number of carboxylic acid groups (broad SMARTS) is 3. The maximum atomic E-state index is 14.4. The van der Waals surface area contributed by atoms with E-state index < -0.39 is 53.5 Å². The number of benzene rings is 6. The quantitative estimate of drug-likeness (QED) is 0.0231. The summed E-state index contributed by atoms with van der Waals surface area (Å²) < 4.78 is 80.3. The largest absolute Gasteiger partial charge is 0.480 e. The van der Waals surface area contributed by atoms with Crippen molar-refractivity contribution in [2.45, 2.75) is 247 Å². The van der Waals surface area contributed by atoms with Crippen molar-refractivity contribution in [1.82, 2.24) is 14.7 Å². The first kappa shape index (κ1) is 83.2. The van der Waals surface area contributed by atoms with E-state index >= 15 is 0 Å². The highest BCUT2D eigenvalue weighted by Crippen LogP contribution is 2.59. The standard InChI is InChI=1S/3C32H41FN2O4/c33-24-8-9-26(29-20-32(11-12-32)13-17-39-29)27(19-24)30(31(36)37)35-15-10-25(21-35)38-16-2-1-4-22-6-7-23-5-3-14-34-28(23)18-22;2*33-24-8-9-26(29-10-12-32(13-14-32)21-39-29)27(19-24)30(31(36)37)35-16-11-25(20-35)38-17-2-1-4-22-6-7-23-5-3-15-34-28(23)18-22/h3*6-9,18-19,25,29-30,34H,1-5,10-17,20-21H2,(H,36,37)/t2*25-,29+,30+;25-,29-,30+/m111/s1. The zero-order chi connectivity index (χ0) is 80.5. The number of aryl methyl sites for hydroxylation is 6. The second-order valence-corrected chi connectivity index (χ2v) is 36.3. The Labute approximate surface area is 689 Å². The minimum atomic E-state index is -0.948. The minimum Gasteiger partial charge on any atom is -0.480 e. The molecule has 6 aromatic rings. The van der Waals surface area contributed by atoms with Crippen molar-refractivity contribution in [2.24, 2.45) is 16.2 Å². The van der Waals surface area contributed by atoms with Gasteiger partial charge in [-0.15, -0.1) is 0 Å². The van der Waals surface area contributed by atoms with Crippen molar-refractivity contribution in [2.75, 3.05) is 114 Å². The molecule has 3 spiro atoms. The van der Waals surface area contributed by atoms with Crippen molar-refractivity contribution < 1.29 is 71.3 Å². The fourth-order valence-corrected chi connectivity index (χ4v) is 20.3. The van der Waals surface area contributed by atoms with Crippen LogP contribution >= 0.6 is 0 Å². The van der Waals surface area contributed by atoms with Crippen LogP contribution in [0.15, 0.2) is 109 Å². The lowest BCUT2D eigenvalue weighted by molar-refractivity contribution is -0.144. The number of carbonyl (C=O) groups is 3. The number of likely N-dealkylation sites (tertiary alicyclic amines) is 3. The van der Waals surface area contributed by atoms with Gasteiger partial charge in [-0.1, -0.05) is 54.6 Å². The third kappa shape index (κ3) is 21.1. The van der Waals surface area contributed by atoms with E-state index in [-0.39, 0.29) is 36.6 Å². The molecule has 0 bridgehead atoms. The summed E-state index contributed by atoms with van der Waals surface area (Å²) in [5.74, 6) is -4.06. The molecular weight excluding hydrogens is 1490 g/mol. The number of nitrogens with zero attached hydrogens (tertiary/aromatic N) is 3. The van der Waals surface area contributed by atoms with Crippen molar-refractivity contribution in [1.29, 1.82) is 0 Å². The number of nitrogens with one attached hydrogen (secondary N) is 3. The third-order valence-electron chi connectivity index (χ3n) is 27.9. The molecule has 117 heavy (non-hydrogen) atoms. The van der Waals surface area contributed by atoms with Crippen molar-refractivity contribution in [3.8, 4) is 0 Å². The van der Waals surface area contributed by atoms with E-state index in [9.17, 15) is 42.9 Å². The first-order chi connectivity index (χ1) is 57.0. The summed E-state index contributed by atoms with van der Waals surface area (Å²) in [6.07, 6.45) is 31.3. The van der Waals surface area contributed by atoms with Gasteiger partial charge < -0.3 is 59.7 Å². The molecule has 630 valence electrons. The Morgan fingerprint density at radius 1 is 0.410 bits per heavy atom. The number of ether oxygens (including phenoxy) is 6. The predicted molar refractivity (Wildman–Crippen MR) is 445 cm³/mol. The number of halogens is 3. The smallest absolute Gasteiger partial charge is 0.325 e. The van der Waals surface area contributed by atoms with E-state index in [1.807, 2.05) is 14.7 Å². The molecule has 0 unspecified atom stereocenters. The second kappa shape index (κ2) is 38.1. The lowest BCUT2D eigenvalue weighted by atomic mass is 9.86. The van der Waals surface area contributed by atoms with Crippen LogP contribution in [0, 0.1) is 33.7 Å². The molecule has 0 aromatic heterocycles. The van der Waals surface area contributed by atoms with Gasteiger partial charge in [-0.2, -0.15) is 0 Å². The Morgan fingerprint density at radius 2 is 0.761 bits per heavy atom. The van der Waals surface area contributed by atoms with Crippen LogP contribution in [0.3, 0.4) is 0 Å². The number of aliphatic carboxylic acids is 3. The van der Waals surface area contributed by atoms with Crippen LogP contribution in [0.4, 0.5) is 30.2 Å². The molecule has 9 heterocycles. The first-order valence-corrected chi connectivity index (χ1v) is 44.5. The van der Waals surface area contributed by atoms with Gasteiger partial charge in [0.05, 0.1) is 49.8 Å². The van der Waals surface area contributed by atoms with E-state index in [2.05, 4.69) is 70.5 Å². The van der Waals surface area contributed by atoms with E-state index in [1.54, 1.807) is 18.2 Å². The number of carboxylic acids is 3. The van der Waals surface area contributed by atoms with Gasteiger partial charge >= 0.3 is 17.9 Å². The van der Waals surface area contributed by atoms with E-state index in [0.29, 0.717) is 98.6 Å². The van der Waals surface area contributed by atoms with Crippen LogP contribution in [0.1, 0.15) is 257 Å². The summed E-state index contributed by atoms with van der Waals surface area (Å²) in [4.78, 5) is 43.4. The van der Waals surface area contributed by atoms with Crippen LogP contribution in [-0.4, -0.2) is 165 Å². The number of hydrogen-bond donors (Lipinski definition) is 6. The lowest BCUT2D eigenvalue weighted by Crippen LogP contribution is -2.35. The molecule has 0 radical (unpaired) electrons. The molecule has 18 nitrogen and oxygen atoms in total. The van der Waals surface area contributed by atoms with Gasteiger partial charge in [-0.05, 0) is 330 Å². The zero-order valence-corrected chi connectivity index (χ0v) is 68.4. The predicted octanol–water partition coefficient (Wildman–Crippen LogP) is 18.2. The zero-order valence-electron chi connectivity index (χ0n) is 68.4. The summed E-state index contributed by atoms with van der Waals surface area (Å²) in [5, 5.41) is 41.3. The third-order valence-corrected chi connectivity index (χ3v) is 27.9. The van der Waals surface area contributed by atoms with Gasteiger partial charge in [-0.25, -0.2) is 13.2 Å².